The number of rotatable bonds is 5. The fraction of sp³-hybridized carbons (Fsp3) is 0.250. The van der Waals surface area contributed by atoms with Gasteiger partial charge in [0.15, 0.2) is 5.78 Å². The highest BCUT2D eigenvalue weighted by molar-refractivity contribution is 5.96. The zero-order chi connectivity index (χ0) is 18.0. The number of ether oxygens (including phenoxy) is 1. The number of carbonyl (C=O) groups is 1. The Balaban J connectivity index is 2.12. The van der Waals surface area contributed by atoms with Gasteiger partial charge in [-0.15, -0.1) is 0 Å². The van der Waals surface area contributed by atoms with Crippen LogP contribution in [0.5, 0.6) is 5.75 Å². The number of fused-ring (bicyclic) bond motifs is 1. The monoisotopic (exact) mass is 335 g/mol. The molecule has 2 aromatic carbocycles. The van der Waals surface area contributed by atoms with Gasteiger partial charge in [-0.05, 0) is 38.5 Å². The Morgan fingerprint density at radius 1 is 1.20 bits per heavy atom. The molecule has 0 spiro atoms. The first-order valence-corrected chi connectivity index (χ1v) is 8.20. The average molecular weight is 335 g/mol. The molecule has 0 aliphatic heterocycles. The van der Waals surface area contributed by atoms with Gasteiger partial charge in [0.05, 0.1) is 12.6 Å². The number of ketones is 1. The van der Waals surface area contributed by atoms with Crippen LogP contribution in [0.3, 0.4) is 0 Å². The number of nitrogens with zero attached hydrogens (tertiary/aromatic N) is 2. The quantitative estimate of drug-likeness (QED) is 0.703. The molecule has 0 unspecified atom stereocenters. The molecule has 1 aromatic heterocycles. The second-order valence-electron chi connectivity index (χ2n) is 6.24. The smallest absolute Gasteiger partial charge is 0.223 e. The Hall–Kier alpha value is -2.95. The van der Waals surface area contributed by atoms with Crippen molar-refractivity contribution < 1.29 is 9.53 Å². The van der Waals surface area contributed by atoms with Crippen molar-refractivity contribution in [3.63, 3.8) is 0 Å². The van der Waals surface area contributed by atoms with E-state index in [1.54, 1.807) is 20.2 Å². The van der Waals surface area contributed by atoms with Gasteiger partial charge in [0.1, 0.15) is 5.75 Å². The van der Waals surface area contributed by atoms with Gasteiger partial charge >= 0.3 is 0 Å². The van der Waals surface area contributed by atoms with Crippen LogP contribution in [0.2, 0.25) is 0 Å². The molecule has 1 heterocycles. The first-order chi connectivity index (χ1) is 12.0. The second kappa shape index (κ2) is 6.89. The largest absolute Gasteiger partial charge is 0.496 e. The second-order valence-corrected chi connectivity index (χ2v) is 6.24. The molecule has 5 heteroatoms. The topological polar surface area (TPSA) is 64.1 Å². The summed E-state index contributed by atoms with van der Waals surface area (Å²) in [6, 6.07) is 11.7. The molecular weight excluding hydrogens is 314 g/mol. The lowest BCUT2D eigenvalue weighted by molar-refractivity contribution is 0.101. The Morgan fingerprint density at radius 3 is 2.68 bits per heavy atom. The van der Waals surface area contributed by atoms with Gasteiger partial charge in [0.25, 0.3) is 0 Å². The van der Waals surface area contributed by atoms with Gasteiger partial charge in [-0.1, -0.05) is 18.2 Å². The minimum absolute atomic E-state index is 0.0364. The third-order valence-corrected chi connectivity index (χ3v) is 3.90. The van der Waals surface area contributed by atoms with Crippen LogP contribution in [0.15, 0.2) is 42.6 Å². The lowest BCUT2D eigenvalue weighted by Gasteiger charge is -2.13. The highest BCUT2D eigenvalue weighted by atomic mass is 16.5. The highest BCUT2D eigenvalue weighted by Gasteiger charge is 2.11. The molecule has 0 fully saturated rings. The number of Topliss-reactive ketones (excluding diaryl/α,β-unsaturated/α-hetero) is 1. The van der Waals surface area contributed by atoms with Crippen molar-refractivity contribution in [3.8, 4) is 16.9 Å². The summed E-state index contributed by atoms with van der Waals surface area (Å²) in [6.07, 6.45) is 1.80. The van der Waals surface area contributed by atoms with Crippen molar-refractivity contribution >= 4 is 22.6 Å². The Morgan fingerprint density at radius 2 is 2.00 bits per heavy atom. The first kappa shape index (κ1) is 16.9. The fourth-order valence-corrected chi connectivity index (χ4v) is 2.69. The summed E-state index contributed by atoms with van der Waals surface area (Å²) in [5.74, 6) is 1.34. The van der Waals surface area contributed by atoms with Crippen molar-refractivity contribution in [2.75, 3.05) is 12.4 Å². The Kier molecular flexibility index (Phi) is 4.65. The van der Waals surface area contributed by atoms with Gasteiger partial charge < -0.3 is 10.1 Å². The summed E-state index contributed by atoms with van der Waals surface area (Å²) in [6.45, 7) is 5.65. The van der Waals surface area contributed by atoms with E-state index in [0.717, 1.165) is 22.0 Å². The number of hydrogen-bond acceptors (Lipinski definition) is 5. The van der Waals surface area contributed by atoms with Crippen molar-refractivity contribution in [2.45, 2.75) is 26.8 Å². The third-order valence-electron chi connectivity index (χ3n) is 3.90. The molecule has 0 saturated carbocycles. The van der Waals surface area contributed by atoms with Gasteiger partial charge in [-0.3, -0.25) is 4.79 Å². The van der Waals surface area contributed by atoms with E-state index in [9.17, 15) is 4.79 Å². The number of aromatic nitrogens is 2. The minimum atomic E-state index is 0.0364. The van der Waals surface area contributed by atoms with E-state index in [-0.39, 0.29) is 11.8 Å². The van der Waals surface area contributed by atoms with E-state index in [0.29, 0.717) is 17.3 Å². The van der Waals surface area contributed by atoms with Crippen LogP contribution in [-0.4, -0.2) is 28.9 Å². The molecule has 5 nitrogen and oxygen atoms in total. The van der Waals surface area contributed by atoms with Gasteiger partial charge in [0.2, 0.25) is 5.95 Å². The van der Waals surface area contributed by atoms with Crippen LogP contribution in [0.1, 0.15) is 31.1 Å². The summed E-state index contributed by atoms with van der Waals surface area (Å²) < 4.78 is 5.56. The molecule has 128 valence electrons. The molecule has 3 aromatic rings. The zero-order valence-corrected chi connectivity index (χ0v) is 14.8. The van der Waals surface area contributed by atoms with E-state index < -0.39 is 0 Å². The van der Waals surface area contributed by atoms with E-state index >= 15 is 0 Å². The van der Waals surface area contributed by atoms with Crippen molar-refractivity contribution in [1.29, 1.82) is 0 Å². The molecule has 3 rings (SSSR count). The van der Waals surface area contributed by atoms with Crippen LogP contribution < -0.4 is 10.1 Å². The predicted octanol–water partition coefficient (Wildman–Crippen LogP) is 4.33. The van der Waals surface area contributed by atoms with Crippen LogP contribution in [0.4, 0.5) is 5.95 Å². The molecule has 1 N–H and O–H groups in total. The summed E-state index contributed by atoms with van der Waals surface area (Å²) >= 11 is 0. The first-order valence-electron chi connectivity index (χ1n) is 8.20. The van der Waals surface area contributed by atoms with Crippen molar-refractivity contribution in [1.82, 2.24) is 9.97 Å². The Bertz CT molecular complexity index is 935. The van der Waals surface area contributed by atoms with Crippen molar-refractivity contribution in [3.05, 3.63) is 48.2 Å². The van der Waals surface area contributed by atoms with Gasteiger partial charge in [0, 0.05) is 34.8 Å². The number of benzene rings is 2. The normalized spacial score (nSPS) is 10.9. The molecule has 0 aliphatic rings. The third kappa shape index (κ3) is 3.60. The van der Waals surface area contributed by atoms with Crippen LogP contribution >= 0.6 is 0 Å². The number of nitrogens with one attached hydrogen (secondary N) is 1. The van der Waals surface area contributed by atoms with Gasteiger partial charge in [-0.25, -0.2) is 9.97 Å². The van der Waals surface area contributed by atoms with Crippen LogP contribution in [0, 0.1) is 0 Å². The standard InChI is InChI=1S/C20H21N3O2/c1-12(2)22-20-21-11-16-9-17(19(25-4)10-18(16)23-20)15-7-5-6-14(8-15)13(3)24/h5-12H,1-4H3,(H,21,22,23). The Labute approximate surface area is 147 Å². The molecule has 0 bridgehead atoms. The number of hydrogen-bond donors (Lipinski definition) is 1. The van der Waals surface area contributed by atoms with Crippen molar-refractivity contribution in [2.24, 2.45) is 0 Å². The maximum absolute atomic E-state index is 11.7. The zero-order valence-electron chi connectivity index (χ0n) is 14.8. The molecule has 0 radical (unpaired) electrons. The number of methoxy groups -OCH3 is 1. The van der Waals surface area contributed by atoms with E-state index in [2.05, 4.69) is 15.3 Å². The molecule has 0 atom stereocenters. The summed E-state index contributed by atoms with van der Waals surface area (Å²) in [5, 5.41) is 4.12. The number of anilines is 1. The van der Waals surface area contributed by atoms with Gasteiger partial charge in [-0.2, -0.15) is 0 Å². The summed E-state index contributed by atoms with van der Waals surface area (Å²) in [4.78, 5) is 20.6. The predicted molar refractivity (Wildman–Crippen MR) is 100 cm³/mol. The molecule has 0 amide bonds. The molecule has 0 saturated heterocycles. The summed E-state index contributed by atoms with van der Waals surface area (Å²) in [5.41, 5.74) is 3.32. The SMILES string of the molecule is COc1cc2nc(NC(C)C)ncc2cc1-c1cccc(C(C)=O)c1. The molecular formula is C20H21N3O2. The van der Waals surface area contributed by atoms with Crippen LogP contribution in [-0.2, 0) is 0 Å². The fourth-order valence-electron chi connectivity index (χ4n) is 2.69. The minimum Gasteiger partial charge on any atom is -0.496 e. The maximum Gasteiger partial charge on any atom is 0.223 e. The number of carbonyl (C=O) groups excluding carboxylic acids is 1. The molecule has 0 aliphatic carbocycles. The molecule has 25 heavy (non-hydrogen) atoms. The lowest BCUT2D eigenvalue weighted by Crippen LogP contribution is -2.12. The van der Waals surface area contributed by atoms with E-state index in [1.165, 1.54) is 0 Å². The maximum atomic E-state index is 11.7. The average Bonchev–Trinajstić information content (AvgIpc) is 2.60. The lowest BCUT2D eigenvalue weighted by atomic mass is 9.99. The highest BCUT2D eigenvalue weighted by Crippen LogP contribution is 2.34. The van der Waals surface area contributed by atoms with Crippen LogP contribution in [0.25, 0.3) is 22.0 Å². The summed E-state index contributed by atoms with van der Waals surface area (Å²) in [7, 11) is 1.63. The van der Waals surface area contributed by atoms with E-state index in [1.807, 2.05) is 50.2 Å². The van der Waals surface area contributed by atoms with E-state index in [4.69, 9.17) is 4.74 Å².